The molecule has 5 nitrogen and oxygen atoms in total. The zero-order chi connectivity index (χ0) is 14.0. The van der Waals surface area contributed by atoms with Gasteiger partial charge in [-0.1, -0.05) is 34.8 Å². The molecule has 0 radical (unpaired) electrons. The van der Waals surface area contributed by atoms with E-state index in [0.29, 0.717) is 15.8 Å². The van der Waals surface area contributed by atoms with Crippen molar-refractivity contribution in [1.82, 2.24) is 9.78 Å². The SMILES string of the molecule is O=C(O)c1nn(COc2ccc(Cl)c(Cl)c2)cc1Cl. The van der Waals surface area contributed by atoms with Gasteiger partial charge in [0.2, 0.25) is 0 Å². The Morgan fingerprint density at radius 3 is 2.58 bits per heavy atom. The summed E-state index contributed by atoms with van der Waals surface area (Å²) in [5.74, 6) is -0.712. The lowest BCUT2D eigenvalue weighted by molar-refractivity contribution is 0.0688. The number of aromatic carboxylic acids is 1. The van der Waals surface area contributed by atoms with Crippen LogP contribution < -0.4 is 4.74 Å². The van der Waals surface area contributed by atoms with E-state index in [0.717, 1.165) is 0 Å². The lowest BCUT2D eigenvalue weighted by Crippen LogP contribution is -2.07. The van der Waals surface area contributed by atoms with Gasteiger partial charge in [-0.25, -0.2) is 9.48 Å². The van der Waals surface area contributed by atoms with Crippen molar-refractivity contribution >= 4 is 40.8 Å². The van der Waals surface area contributed by atoms with Gasteiger partial charge in [-0.15, -0.1) is 0 Å². The molecule has 0 aliphatic heterocycles. The first-order valence-corrected chi connectivity index (χ1v) is 6.15. The van der Waals surface area contributed by atoms with E-state index in [2.05, 4.69) is 5.10 Å². The third-order valence-electron chi connectivity index (χ3n) is 2.17. The molecule has 1 aromatic carbocycles. The molecule has 0 saturated heterocycles. The molecule has 1 N–H and O–H groups in total. The quantitative estimate of drug-likeness (QED) is 0.935. The van der Waals surface area contributed by atoms with E-state index in [1.165, 1.54) is 10.9 Å². The molecule has 8 heteroatoms. The number of carboxylic acid groups (broad SMARTS) is 1. The standard InChI is InChI=1S/C11H7Cl3N2O3/c12-7-2-1-6(3-8(7)13)19-5-16-4-9(14)10(15-16)11(17)18/h1-4H,5H2,(H,17,18). The van der Waals surface area contributed by atoms with Gasteiger partial charge in [0, 0.05) is 12.3 Å². The molecule has 0 aliphatic carbocycles. The largest absolute Gasteiger partial charge is 0.476 e. The Labute approximate surface area is 123 Å². The third-order valence-corrected chi connectivity index (χ3v) is 3.19. The number of carbonyl (C=O) groups is 1. The van der Waals surface area contributed by atoms with Gasteiger partial charge < -0.3 is 9.84 Å². The Morgan fingerprint density at radius 2 is 2.00 bits per heavy atom. The second-order valence-electron chi connectivity index (χ2n) is 3.52. The van der Waals surface area contributed by atoms with Crippen LogP contribution in [-0.2, 0) is 6.73 Å². The second-order valence-corrected chi connectivity index (χ2v) is 4.74. The predicted octanol–water partition coefficient (Wildman–Crippen LogP) is 3.58. The van der Waals surface area contributed by atoms with Crippen LogP contribution in [0.5, 0.6) is 5.75 Å². The molecule has 2 aromatic rings. The van der Waals surface area contributed by atoms with E-state index < -0.39 is 5.97 Å². The van der Waals surface area contributed by atoms with Gasteiger partial charge in [0.05, 0.1) is 15.1 Å². The number of hydrogen-bond donors (Lipinski definition) is 1. The van der Waals surface area contributed by atoms with Crippen LogP contribution in [0, 0.1) is 0 Å². The molecule has 0 saturated carbocycles. The Kier molecular flexibility index (Phi) is 4.19. The van der Waals surface area contributed by atoms with Crippen LogP contribution in [0.25, 0.3) is 0 Å². The van der Waals surface area contributed by atoms with Crippen molar-refractivity contribution in [3.63, 3.8) is 0 Å². The Hall–Kier alpha value is -1.43. The van der Waals surface area contributed by atoms with Crippen molar-refractivity contribution in [2.45, 2.75) is 6.73 Å². The second kappa shape index (κ2) is 5.69. The van der Waals surface area contributed by atoms with Crippen LogP contribution in [0.4, 0.5) is 0 Å². The molecule has 100 valence electrons. The highest BCUT2D eigenvalue weighted by molar-refractivity contribution is 6.42. The number of ether oxygens (including phenoxy) is 1. The van der Waals surface area contributed by atoms with Crippen molar-refractivity contribution in [3.05, 3.63) is 45.2 Å². The topological polar surface area (TPSA) is 64.3 Å². The summed E-state index contributed by atoms with van der Waals surface area (Å²) in [4.78, 5) is 10.8. The average molecular weight is 322 g/mol. The molecule has 1 heterocycles. The predicted molar refractivity (Wildman–Crippen MR) is 71.3 cm³/mol. The maximum atomic E-state index is 10.8. The summed E-state index contributed by atoms with van der Waals surface area (Å²) in [7, 11) is 0. The minimum absolute atomic E-state index is 0.00492. The first-order valence-electron chi connectivity index (χ1n) is 5.01. The van der Waals surface area contributed by atoms with Crippen LogP contribution in [-0.4, -0.2) is 20.9 Å². The number of halogens is 3. The molecule has 0 bridgehead atoms. The summed E-state index contributed by atoms with van der Waals surface area (Å²) in [6, 6.07) is 4.78. The van der Waals surface area contributed by atoms with E-state index in [9.17, 15) is 4.79 Å². The fourth-order valence-corrected chi connectivity index (χ4v) is 1.83. The molecule has 0 atom stereocenters. The van der Waals surface area contributed by atoms with Crippen LogP contribution in [0.2, 0.25) is 15.1 Å². The number of nitrogens with zero attached hydrogens (tertiary/aromatic N) is 2. The first kappa shape index (κ1) is 14.0. The fraction of sp³-hybridized carbons (Fsp3) is 0.0909. The summed E-state index contributed by atoms with van der Waals surface area (Å²) >= 11 is 17.3. The van der Waals surface area contributed by atoms with Crippen molar-refractivity contribution in [1.29, 1.82) is 0 Å². The van der Waals surface area contributed by atoms with Gasteiger partial charge in [0.1, 0.15) is 5.75 Å². The molecule has 2 rings (SSSR count). The van der Waals surface area contributed by atoms with Gasteiger partial charge in [-0.2, -0.15) is 5.10 Å². The van der Waals surface area contributed by atoms with Crippen LogP contribution in [0.15, 0.2) is 24.4 Å². The van der Waals surface area contributed by atoms with Crippen molar-refractivity contribution in [2.75, 3.05) is 0 Å². The van der Waals surface area contributed by atoms with Gasteiger partial charge in [-0.3, -0.25) is 0 Å². The van der Waals surface area contributed by atoms with Crippen molar-refractivity contribution in [2.24, 2.45) is 0 Å². The van der Waals surface area contributed by atoms with Crippen LogP contribution in [0.3, 0.4) is 0 Å². The molecule has 0 unspecified atom stereocenters. The molecular formula is C11H7Cl3N2O3. The number of benzene rings is 1. The summed E-state index contributed by atoms with van der Waals surface area (Å²) in [5, 5.41) is 13.4. The number of aromatic nitrogens is 2. The zero-order valence-electron chi connectivity index (χ0n) is 9.31. The molecule has 19 heavy (non-hydrogen) atoms. The lowest BCUT2D eigenvalue weighted by atomic mass is 10.3. The highest BCUT2D eigenvalue weighted by atomic mass is 35.5. The van der Waals surface area contributed by atoms with Crippen molar-refractivity contribution in [3.8, 4) is 5.75 Å². The van der Waals surface area contributed by atoms with Gasteiger partial charge in [-0.05, 0) is 12.1 Å². The molecule has 0 fully saturated rings. The highest BCUT2D eigenvalue weighted by Crippen LogP contribution is 2.26. The molecule has 0 amide bonds. The maximum absolute atomic E-state index is 10.8. The van der Waals surface area contributed by atoms with E-state index >= 15 is 0 Å². The number of rotatable bonds is 4. The normalized spacial score (nSPS) is 10.5. The first-order chi connectivity index (χ1) is 8.97. The van der Waals surface area contributed by atoms with E-state index in [1.54, 1.807) is 18.2 Å². The molecule has 0 aliphatic rings. The molecule has 1 aromatic heterocycles. The average Bonchev–Trinajstić information content (AvgIpc) is 2.72. The summed E-state index contributed by atoms with van der Waals surface area (Å²) in [5.41, 5.74) is -0.223. The summed E-state index contributed by atoms with van der Waals surface area (Å²) < 4.78 is 6.65. The fourth-order valence-electron chi connectivity index (χ4n) is 1.32. The monoisotopic (exact) mass is 320 g/mol. The number of hydrogen-bond acceptors (Lipinski definition) is 3. The van der Waals surface area contributed by atoms with E-state index in [1.807, 2.05) is 0 Å². The molecule has 0 spiro atoms. The maximum Gasteiger partial charge on any atom is 0.357 e. The molecular weight excluding hydrogens is 314 g/mol. The Balaban J connectivity index is 2.08. The van der Waals surface area contributed by atoms with E-state index in [4.69, 9.17) is 44.6 Å². The highest BCUT2D eigenvalue weighted by Gasteiger charge is 2.14. The lowest BCUT2D eigenvalue weighted by Gasteiger charge is -2.06. The third kappa shape index (κ3) is 3.32. The van der Waals surface area contributed by atoms with Crippen LogP contribution >= 0.6 is 34.8 Å². The minimum atomic E-state index is -1.20. The smallest absolute Gasteiger partial charge is 0.357 e. The Morgan fingerprint density at radius 1 is 1.26 bits per heavy atom. The van der Waals surface area contributed by atoms with E-state index in [-0.39, 0.29) is 17.4 Å². The zero-order valence-corrected chi connectivity index (χ0v) is 11.6. The summed E-state index contributed by atoms with van der Waals surface area (Å²) in [6.45, 7) is 0.00492. The summed E-state index contributed by atoms with van der Waals surface area (Å²) in [6.07, 6.45) is 1.36. The van der Waals surface area contributed by atoms with Gasteiger partial charge >= 0.3 is 5.97 Å². The van der Waals surface area contributed by atoms with Gasteiger partial charge in [0.15, 0.2) is 12.4 Å². The number of carboxylic acids is 1. The van der Waals surface area contributed by atoms with Gasteiger partial charge in [0.25, 0.3) is 0 Å². The Bertz CT molecular complexity index is 628. The minimum Gasteiger partial charge on any atom is -0.476 e. The van der Waals surface area contributed by atoms with Crippen LogP contribution in [0.1, 0.15) is 10.5 Å². The van der Waals surface area contributed by atoms with Crippen molar-refractivity contribution < 1.29 is 14.6 Å².